The van der Waals surface area contributed by atoms with Crippen molar-refractivity contribution in [2.45, 2.75) is 19.1 Å². The summed E-state index contributed by atoms with van der Waals surface area (Å²) in [5.41, 5.74) is 0. The van der Waals surface area contributed by atoms with E-state index in [4.69, 9.17) is 4.42 Å². The highest BCUT2D eigenvalue weighted by Crippen LogP contribution is 2.11. The van der Waals surface area contributed by atoms with Crippen molar-refractivity contribution in [1.29, 1.82) is 0 Å². The number of alkyl halides is 1. The highest BCUT2D eigenvalue weighted by atomic mass is 19.1. The molecule has 0 saturated carbocycles. The molecule has 0 aliphatic carbocycles. The van der Waals surface area contributed by atoms with Crippen LogP contribution in [-0.2, 0) is 11.3 Å². The maximum absolute atomic E-state index is 12.8. The lowest BCUT2D eigenvalue weighted by Crippen LogP contribution is -2.35. The first-order chi connectivity index (χ1) is 7.74. The molecule has 16 heavy (non-hydrogen) atoms. The van der Waals surface area contributed by atoms with Gasteiger partial charge < -0.3 is 9.73 Å². The SMILES string of the molecule is O=C(CN1CCC(F)C1)NCc1ccco1. The number of carbonyl (C=O) groups is 1. The van der Waals surface area contributed by atoms with Gasteiger partial charge in [-0.3, -0.25) is 9.69 Å². The molecule has 1 atom stereocenters. The van der Waals surface area contributed by atoms with E-state index in [1.165, 1.54) is 0 Å². The molecule has 1 N–H and O–H groups in total. The number of hydrogen-bond acceptors (Lipinski definition) is 3. The van der Waals surface area contributed by atoms with E-state index < -0.39 is 6.17 Å². The fraction of sp³-hybridized carbons (Fsp3) is 0.545. The van der Waals surface area contributed by atoms with Crippen molar-refractivity contribution >= 4 is 5.91 Å². The van der Waals surface area contributed by atoms with Gasteiger partial charge in [0.25, 0.3) is 0 Å². The predicted molar refractivity (Wildman–Crippen MR) is 56.5 cm³/mol. The summed E-state index contributed by atoms with van der Waals surface area (Å²) in [5.74, 6) is 0.628. The molecule has 1 aliphatic heterocycles. The van der Waals surface area contributed by atoms with E-state index in [0.29, 0.717) is 26.1 Å². The first kappa shape index (κ1) is 11.1. The summed E-state index contributed by atoms with van der Waals surface area (Å²) >= 11 is 0. The van der Waals surface area contributed by atoms with Crippen molar-refractivity contribution in [2.24, 2.45) is 0 Å². The Morgan fingerprint density at radius 2 is 2.56 bits per heavy atom. The van der Waals surface area contributed by atoms with Crippen molar-refractivity contribution in [2.75, 3.05) is 19.6 Å². The van der Waals surface area contributed by atoms with Gasteiger partial charge in [-0.15, -0.1) is 0 Å². The Labute approximate surface area is 93.4 Å². The van der Waals surface area contributed by atoms with Gasteiger partial charge in [-0.05, 0) is 18.6 Å². The molecule has 1 fully saturated rings. The van der Waals surface area contributed by atoms with Gasteiger partial charge >= 0.3 is 0 Å². The maximum Gasteiger partial charge on any atom is 0.234 e. The van der Waals surface area contributed by atoms with Crippen LogP contribution in [0.3, 0.4) is 0 Å². The normalized spacial score (nSPS) is 21.2. The molecule has 1 saturated heterocycles. The summed E-state index contributed by atoms with van der Waals surface area (Å²) in [5, 5.41) is 2.73. The summed E-state index contributed by atoms with van der Waals surface area (Å²) < 4.78 is 17.9. The summed E-state index contributed by atoms with van der Waals surface area (Å²) in [6.45, 7) is 1.68. The van der Waals surface area contributed by atoms with Crippen LogP contribution in [-0.4, -0.2) is 36.6 Å². The van der Waals surface area contributed by atoms with Gasteiger partial charge in [0.1, 0.15) is 11.9 Å². The molecule has 1 aromatic rings. The number of hydrogen-bond donors (Lipinski definition) is 1. The number of halogens is 1. The van der Waals surface area contributed by atoms with Crippen LogP contribution < -0.4 is 5.32 Å². The monoisotopic (exact) mass is 226 g/mol. The largest absolute Gasteiger partial charge is 0.467 e. The van der Waals surface area contributed by atoms with Gasteiger partial charge in [0.05, 0.1) is 19.4 Å². The van der Waals surface area contributed by atoms with E-state index in [2.05, 4.69) is 5.32 Å². The molecular weight excluding hydrogens is 211 g/mol. The van der Waals surface area contributed by atoms with Gasteiger partial charge in [-0.2, -0.15) is 0 Å². The zero-order valence-corrected chi connectivity index (χ0v) is 8.99. The fourth-order valence-electron chi connectivity index (χ4n) is 1.79. The molecule has 0 aromatic carbocycles. The highest BCUT2D eigenvalue weighted by Gasteiger charge is 2.23. The minimum atomic E-state index is -0.780. The standard InChI is InChI=1S/C11H15FN2O2/c12-9-3-4-14(7-9)8-11(15)13-6-10-2-1-5-16-10/h1-2,5,9H,3-4,6-8H2,(H,13,15). The summed E-state index contributed by atoms with van der Waals surface area (Å²) in [6.07, 6.45) is 1.32. The lowest BCUT2D eigenvalue weighted by atomic mass is 10.3. The van der Waals surface area contributed by atoms with Crippen molar-refractivity contribution in [3.8, 4) is 0 Å². The summed E-state index contributed by atoms with van der Waals surface area (Å²) in [6, 6.07) is 3.57. The third-order valence-corrected chi connectivity index (χ3v) is 2.62. The number of rotatable bonds is 4. The van der Waals surface area contributed by atoms with Gasteiger partial charge in [0.2, 0.25) is 5.91 Å². The molecule has 5 heteroatoms. The maximum atomic E-state index is 12.8. The quantitative estimate of drug-likeness (QED) is 0.831. The number of nitrogens with zero attached hydrogens (tertiary/aromatic N) is 1. The number of likely N-dealkylation sites (tertiary alicyclic amines) is 1. The minimum Gasteiger partial charge on any atom is -0.467 e. The molecule has 0 spiro atoms. The van der Waals surface area contributed by atoms with E-state index in [1.807, 2.05) is 4.90 Å². The van der Waals surface area contributed by atoms with Crippen LogP contribution in [0, 0.1) is 0 Å². The Hall–Kier alpha value is -1.36. The lowest BCUT2D eigenvalue weighted by molar-refractivity contribution is -0.122. The molecule has 1 amide bonds. The predicted octanol–water partition coefficient (Wildman–Crippen LogP) is 0.940. The van der Waals surface area contributed by atoms with Gasteiger partial charge in [-0.25, -0.2) is 4.39 Å². The van der Waals surface area contributed by atoms with Crippen LogP contribution in [0.25, 0.3) is 0 Å². The van der Waals surface area contributed by atoms with Gasteiger partial charge in [0, 0.05) is 13.1 Å². The third kappa shape index (κ3) is 3.06. The van der Waals surface area contributed by atoms with Gasteiger partial charge in [0.15, 0.2) is 0 Å². The first-order valence-electron chi connectivity index (χ1n) is 5.39. The molecule has 0 radical (unpaired) electrons. The van der Waals surface area contributed by atoms with Crippen LogP contribution in [0.1, 0.15) is 12.2 Å². The Bertz CT molecular complexity index is 340. The molecular formula is C11H15FN2O2. The summed E-state index contributed by atoms with van der Waals surface area (Å²) in [7, 11) is 0. The molecule has 2 rings (SSSR count). The minimum absolute atomic E-state index is 0.0921. The number of furan rings is 1. The smallest absolute Gasteiger partial charge is 0.234 e. The lowest BCUT2D eigenvalue weighted by Gasteiger charge is -2.13. The van der Waals surface area contributed by atoms with E-state index in [9.17, 15) is 9.18 Å². The van der Waals surface area contributed by atoms with Crippen molar-refractivity contribution in [3.63, 3.8) is 0 Å². The second-order valence-electron chi connectivity index (χ2n) is 3.98. The zero-order chi connectivity index (χ0) is 11.4. The Kier molecular flexibility index (Phi) is 3.56. The van der Waals surface area contributed by atoms with Crippen molar-refractivity contribution in [1.82, 2.24) is 10.2 Å². The molecule has 88 valence electrons. The summed E-state index contributed by atoms with van der Waals surface area (Å²) in [4.78, 5) is 13.3. The van der Waals surface area contributed by atoms with Crippen LogP contribution >= 0.6 is 0 Å². The van der Waals surface area contributed by atoms with Crippen molar-refractivity contribution < 1.29 is 13.6 Å². The Balaban J connectivity index is 1.68. The molecule has 4 nitrogen and oxygen atoms in total. The van der Waals surface area contributed by atoms with E-state index in [-0.39, 0.29) is 12.5 Å². The van der Waals surface area contributed by atoms with E-state index in [0.717, 1.165) is 5.76 Å². The average molecular weight is 226 g/mol. The molecule has 1 aliphatic rings. The topological polar surface area (TPSA) is 45.5 Å². The molecule has 0 bridgehead atoms. The highest BCUT2D eigenvalue weighted by molar-refractivity contribution is 5.77. The second kappa shape index (κ2) is 5.12. The Morgan fingerprint density at radius 3 is 3.19 bits per heavy atom. The van der Waals surface area contributed by atoms with Crippen LogP contribution in [0.2, 0.25) is 0 Å². The second-order valence-corrected chi connectivity index (χ2v) is 3.98. The third-order valence-electron chi connectivity index (χ3n) is 2.62. The van der Waals surface area contributed by atoms with Crippen molar-refractivity contribution in [3.05, 3.63) is 24.2 Å². The number of nitrogens with one attached hydrogen (secondary N) is 1. The van der Waals surface area contributed by atoms with E-state index in [1.54, 1.807) is 18.4 Å². The zero-order valence-electron chi connectivity index (χ0n) is 8.99. The molecule has 1 aromatic heterocycles. The fourth-order valence-corrected chi connectivity index (χ4v) is 1.79. The molecule has 1 unspecified atom stereocenters. The van der Waals surface area contributed by atoms with Gasteiger partial charge in [-0.1, -0.05) is 0 Å². The molecule has 2 heterocycles. The van der Waals surface area contributed by atoms with Crippen LogP contribution in [0.15, 0.2) is 22.8 Å². The number of amides is 1. The van der Waals surface area contributed by atoms with Crippen LogP contribution in [0.5, 0.6) is 0 Å². The Morgan fingerprint density at radius 1 is 1.69 bits per heavy atom. The average Bonchev–Trinajstić information content (AvgIpc) is 2.87. The van der Waals surface area contributed by atoms with E-state index >= 15 is 0 Å². The number of carbonyl (C=O) groups excluding carboxylic acids is 1. The first-order valence-corrected chi connectivity index (χ1v) is 5.39. The van der Waals surface area contributed by atoms with Crippen LogP contribution in [0.4, 0.5) is 4.39 Å².